The minimum atomic E-state index is -0.121. The van der Waals surface area contributed by atoms with Crippen molar-refractivity contribution in [2.24, 2.45) is 0 Å². The fourth-order valence-electron chi connectivity index (χ4n) is 1.52. The zero-order valence-electron chi connectivity index (χ0n) is 8.46. The minimum Gasteiger partial charge on any atom is -0.382 e. The molecule has 1 aliphatic heterocycles. The van der Waals surface area contributed by atoms with Gasteiger partial charge in [0.15, 0.2) is 5.82 Å². The Morgan fingerprint density at radius 2 is 2.40 bits per heavy atom. The Kier molecular flexibility index (Phi) is 2.67. The first kappa shape index (κ1) is 10.4. The molecule has 82 valence electrons. The van der Waals surface area contributed by atoms with Gasteiger partial charge in [0.1, 0.15) is 17.2 Å². The highest BCUT2D eigenvalue weighted by Gasteiger charge is 2.30. The van der Waals surface area contributed by atoms with Gasteiger partial charge in [-0.05, 0) is 13.3 Å². The highest BCUT2D eigenvalue weighted by Crippen LogP contribution is 2.29. The van der Waals surface area contributed by atoms with Gasteiger partial charge >= 0.3 is 0 Å². The van der Waals surface area contributed by atoms with E-state index < -0.39 is 0 Å². The number of nitrogens with two attached hydrogens (primary N) is 1. The molecule has 15 heavy (non-hydrogen) atoms. The normalized spacial score (nSPS) is 25.5. The molecular weight excluding hydrogens is 216 g/mol. The van der Waals surface area contributed by atoms with Gasteiger partial charge in [0, 0.05) is 6.61 Å². The number of rotatable bonds is 2. The molecule has 1 atom stereocenters. The zero-order valence-corrected chi connectivity index (χ0v) is 9.21. The van der Waals surface area contributed by atoms with Crippen molar-refractivity contribution in [2.45, 2.75) is 18.9 Å². The van der Waals surface area contributed by atoms with Crippen LogP contribution in [0.5, 0.6) is 0 Å². The van der Waals surface area contributed by atoms with Crippen LogP contribution >= 0.6 is 11.6 Å². The molecule has 2 rings (SSSR count). The van der Waals surface area contributed by atoms with Crippen LogP contribution in [0.2, 0.25) is 5.02 Å². The van der Waals surface area contributed by atoms with Gasteiger partial charge in [-0.2, -0.15) is 0 Å². The quantitative estimate of drug-likeness (QED) is 0.798. The van der Waals surface area contributed by atoms with Crippen LogP contribution in [-0.4, -0.2) is 28.7 Å². The molecule has 6 heteroatoms. The van der Waals surface area contributed by atoms with Crippen molar-refractivity contribution in [2.75, 3.05) is 24.3 Å². The van der Waals surface area contributed by atoms with E-state index in [1.165, 1.54) is 6.33 Å². The monoisotopic (exact) mass is 228 g/mol. The standard InChI is InChI=1S/C9H13ClN4O/c1-9(2-3-15-4-9)14-8-6(10)7(11)12-5-13-8/h5H,2-4H2,1H3,(H3,11,12,13,14). The Bertz CT molecular complexity index is 365. The minimum absolute atomic E-state index is 0.121. The van der Waals surface area contributed by atoms with Gasteiger partial charge < -0.3 is 15.8 Å². The van der Waals surface area contributed by atoms with E-state index in [1.54, 1.807) is 0 Å². The Balaban J connectivity index is 2.20. The first-order valence-corrected chi connectivity index (χ1v) is 5.10. The molecule has 1 fully saturated rings. The number of hydrogen-bond acceptors (Lipinski definition) is 5. The van der Waals surface area contributed by atoms with Crippen LogP contribution in [0.4, 0.5) is 11.6 Å². The topological polar surface area (TPSA) is 73.1 Å². The average molecular weight is 229 g/mol. The van der Waals surface area contributed by atoms with Crippen molar-refractivity contribution in [1.82, 2.24) is 9.97 Å². The van der Waals surface area contributed by atoms with Crippen molar-refractivity contribution in [3.8, 4) is 0 Å². The van der Waals surface area contributed by atoms with E-state index in [-0.39, 0.29) is 11.4 Å². The van der Waals surface area contributed by atoms with E-state index in [4.69, 9.17) is 22.1 Å². The third-order valence-electron chi connectivity index (χ3n) is 2.46. The molecule has 0 aliphatic carbocycles. The van der Waals surface area contributed by atoms with Gasteiger partial charge in [-0.1, -0.05) is 11.6 Å². The van der Waals surface area contributed by atoms with Gasteiger partial charge in [-0.3, -0.25) is 0 Å². The summed E-state index contributed by atoms with van der Waals surface area (Å²) >= 11 is 5.98. The molecule has 0 radical (unpaired) electrons. The smallest absolute Gasteiger partial charge is 0.150 e. The first-order chi connectivity index (χ1) is 7.11. The predicted molar refractivity (Wildman–Crippen MR) is 58.9 cm³/mol. The molecule has 1 saturated heterocycles. The van der Waals surface area contributed by atoms with Gasteiger partial charge in [0.25, 0.3) is 0 Å². The number of ether oxygens (including phenoxy) is 1. The predicted octanol–water partition coefficient (Wildman–Crippen LogP) is 1.30. The third kappa shape index (κ3) is 2.13. The number of nitrogen functional groups attached to an aromatic ring is 1. The van der Waals surface area contributed by atoms with E-state index in [9.17, 15) is 0 Å². The third-order valence-corrected chi connectivity index (χ3v) is 2.83. The number of anilines is 2. The van der Waals surface area contributed by atoms with Gasteiger partial charge in [-0.15, -0.1) is 0 Å². The Morgan fingerprint density at radius 1 is 1.60 bits per heavy atom. The van der Waals surface area contributed by atoms with Crippen molar-refractivity contribution < 1.29 is 4.74 Å². The molecule has 0 amide bonds. The summed E-state index contributed by atoms with van der Waals surface area (Å²) in [4.78, 5) is 7.86. The Hall–Kier alpha value is -1.07. The number of aromatic nitrogens is 2. The highest BCUT2D eigenvalue weighted by molar-refractivity contribution is 6.35. The number of nitrogens with one attached hydrogen (secondary N) is 1. The maximum absolute atomic E-state index is 5.98. The summed E-state index contributed by atoms with van der Waals surface area (Å²) in [7, 11) is 0. The molecule has 0 aromatic carbocycles. The second kappa shape index (κ2) is 3.83. The Labute approximate surface area is 93.0 Å². The zero-order chi connectivity index (χ0) is 10.9. The lowest BCUT2D eigenvalue weighted by molar-refractivity contribution is 0.185. The summed E-state index contributed by atoms with van der Waals surface area (Å²) in [6, 6.07) is 0. The maximum atomic E-state index is 5.98. The lowest BCUT2D eigenvalue weighted by Gasteiger charge is -2.24. The van der Waals surface area contributed by atoms with Crippen LogP contribution in [0, 0.1) is 0 Å². The van der Waals surface area contributed by atoms with Crippen molar-refractivity contribution in [3.63, 3.8) is 0 Å². The molecule has 1 unspecified atom stereocenters. The molecule has 5 nitrogen and oxygen atoms in total. The summed E-state index contributed by atoms with van der Waals surface area (Å²) in [6.07, 6.45) is 2.32. The van der Waals surface area contributed by atoms with Crippen LogP contribution < -0.4 is 11.1 Å². The van der Waals surface area contributed by atoms with Gasteiger partial charge in [0.2, 0.25) is 0 Å². The summed E-state index contributed by atoms with van der Waals surface area (Å²) in [5, 5.41) is 3.60. The van der Waals surface area contributed by atoms with E-state index in [0.717, 1.165) is 13.0 Å². The van der Waals surface area contributed by atoms with Gasteiger partial charge in [-0.25, -0.2) is 9.97 Å². The summed E-state index contributed by atoms with van der Waals surface area (Å²) in [5.74, 6) is 0.855. The maximum Gasteiger partial charge on any atom is 0.150 e. The largest absolute Gasteiger partial charge is 0.382 e. The highest BCUT2D eigenvalue weighted by atomic mass is 35.5. The van der Waals surface area contributed by atoms with Crippen LogP contribution in [0.25, 0.3) is 0 Å². The molecule has 1 aromatic rings. The lowest BCUT2D eigenvalue weighted by atomic mass is 10.0. The molecular formula is C9H13ClN4O. The molecule has 0 saturated carbocycles. The summed E-state index contributed by atoms with van der Waals surface area (Å²) in [6.45, 7) is 3.46. The fraction of sp³-hybridized carbons (Fsp3) is 0.556. The second-order valence-corrected chi connectivity index (χ2v) is 4.29. The number of halogens is 1. The molecule has 3 N–H and O–H groups in total. The van der Waals surface area contributed by atoms with Crippen LogP contribution in [-0.2, 0) is 4.74 Å². The van der Waals surface area contributed by atoms with E-state index >= 15 is 0 Å². The molecule has 0 bridgehead atoms. The van der Waals surface area contributed by atoms with E-state index in [1.807, 2.05) is 0 Å². The number of hydrogen-bond donors (Lipinski definition) is 2. The molecule has 1 aliphatic rings. The number of nitrogens with zero attached hydrogens (tertiary/aromatic N) is 2. The van der Waals surface area contributed by atoms with Crippen LogP contribution in [0.3, 0.4) is 0 Å². The van der Waals surface area contributed by atoms with Crippen LogP contribution in [0.15, 0.2) is 6.33 Å². The SMILES string of the molecule is CC1(Nc2ncnc(N)c2Cl)CCOC1. The van der Waals surface area contributed by atoms with Gasteiger partial charge in [0.05, 0.1) is 12.1 Å². The van der Waals surface area contributed by atoms with E-state index in [0.29, 0.717) is 17.4 Å². The van der Waals surface area contributed by atoms with Crippen molar-refractivity contribution >= 4 is 23.2 Å². The van der Waals surface area contributed by atoms with Crippen molar-refractivity contribution in [3.05, 3.63) is 11.3 Å². The van der Waals surface area contributed by atoms with Crippen molar-refractivity contribution in [1.29, 1.82) is 0 Å². The van der Waals surface area contributed by atoms with Crippen LogP contribution in [0.1, 0.15) is 13.3 Å². The lowest BCUT2D eigenvalue weighted by Crippen LogP contribution is -2.35. The average Bonchev–Trinajstić information content (AvgIpc) is 2.60. The first-order valence-electron chi connectivity index (χ1n) is 4.73. The molecule has 1 aromatic heterocycles. The Morgan fingerprint density at radius 3 is 3.07 bits per heavy atom. The summed E-state index contributed by atoms with van der Waals surface area (Å²) in [5.41, 5.74) is 5.46. The van der Waals surface area contributed by atoms with E-state index in [2.05, 4.69) is 22.2 Å². The second-order valence-electron chi connectivity index (χ2n) is 3.91. The molecule has 2 heterocycles. The summed E-state index contributed by atoms with van der Waals surface area (Å²) < 4.78 is 5.32. The fourth-order valence-corrected chi connectivity index (χ4v) is 1.67. The molecule has 0 spiro atoms.